The van der Waals surface area contributed by atoms with Crippen molar-refractivity contribution < 1.29 is 18.7 Å². The van der Waals surface area contributed by atoms with E-state index in [1.807, 2.05) is 6.07 Å². The standard InChI is InChI=1S/C22H24N6O4S/c1-13-27-28-19(32-13)11-25-22(30)31-12-15-4-6-16-17(9-15)33-21(20(16)23)26-18(29)7-5-14-3-2-8-24-10-14/h2-3,5,7-8,10,15H,4,6,9,11-12,23H2,1H3,(H,25,30)(H,26,29)/b7-5+. The second kappa shape index (κ2) is 10.3. The molecule has 1 atom stereocenters. The zero-order valence-corrected chi connectivity index (χ0v) is 18.9. The predicted molar refractivity (Wildman–Crippen MR) is 123 cm³/mol. The molecule has 172 valence electrons. The van der Waals surface area contributed by atoms with E-state index in [-0.39, 0.29) is 18.4 Å². The van der Waals surface area contributed by atoms with E-state index < -0.39 is 6.09 Å². The van der Waals surface area contributed by atoms with Crippen molar-refractivity contribution >= 4 is 40.1 Å². The largest absolute Gasteiger partial charge is 0.449 e. The molecule has 0 spiro atoms. The van der Waals surface area contributed by atoms with Crippen molar-refractivity contribution in [2.24, 2.45) is 5.92 Å². The number of hydrogen-bond acceptors (Lipinski definition) is 9. The minimum absolute atomic E-state index is 0.119. The van der Waals surface area contributed by atoms with Gasteiger partial charge in [-0.3, -0.25) is 9.78 Å². The third kappa shape index (κ3) is 5.95. The summed E-state index contributed by atoms with van der Waals surface area (Å²) in [5.41, 5.74) is 8.81. The number of carbonyl (C=O) groups is 2. The number of fused-ring (bicyclic) bond motifs is 1. The maximum Gasteiger partial charge on any atom is 0.407 e. The summed E-state index contributed by atoms with van der Waals surface area (Å²) in [7, 11) is 0. The van der Waals surface area contributed by atoms with Crippen LogP contribution in [-0.4, -0.2) is 33.8 Å². The summed E-state index contributed by atoms with van der Waals surface area (Å²) in [6.45, 7) is 2.09. The molecule has 11 heteroatoms. The Morgan fingerprint density at radius 2 is 2.27 bits per heavy atom. The maximum atomic E-state index is 12.3. The fourth-order valence-corrected chi connectivity index (χ4v) is 4.80. The van der Waals surface area contributed by atoms with Crippen LogP contribution in [0, 0.1) is 12.8 Å². The number of nitrogens with one attached hydrogen (secondary N) is 2. The van der Waals surface area contributed by atoms with Gasteiger partial charge in [-0.25, -0.2) is 4.79 Å². The van der Waals surface area contributed by atoms with Crippen molar-refractivity contribution in [3.63, 3.8) is 0 Å². The second-order valence-corrected chi connectivity index (χ2v) is 8.74. The number of aryl methyl sites for hydroxylation is 1. The highest BCUT2D eigenvalue weighted by Gasteiger charge is 2.26. The monoisotopic (exact) mass is 468 g/mol. The summed E-state index contributed by atoms with van der Waals surface area (Å²) in [4.78, 5) is 29.4. The first-order valence-electron chi connectivity index (χ1n) is 10.5. The molecule has 4 N–H and O–H groups in total. The number of anilines is 2. The van der Waals surface area contributed by atoms with Gasteiger partial charge in [0.2, 0.25) is 17.7 Å². The molecule has 0 bridgehead atoms. The number of amides is 2. The lowest BCUT2D eigenvalue weighted by Crippen LogP contribution is -2.27. The zero-order chi connectivity index (χ0) is 23.2. The predicted octanol–water partition coefficient (Wildman–Crippen LogP) is 3.10. The number of nitrogen functional groups attached to an aromatic ring is 1. The highest BCUT2D eigenvalue weighted by molar-refractivity contribution is 7.17. The number of ether oxygens (including phenoxy) is 1. The first-order valence-corrected chi connectivity index (χ1v) is 11.3. The minimum Gasteiger partial charge on any atom is -0.449 e. The van der Waals surface area contributed by atoms with Gasteiger partial charge in [0.1, 0.15) is 5.00 Å². The molecule has 0 radical (unpaired) electrons. The second-order valence-electron chi connectivity index (χ2n) is 7.63. The summed E-state index contributed by atoms with van der Waals surface area (Å²) in [5.74, 6) is 0.692. The van der Waals surface area contributed by atoms with E-state index in [4.69, 9.17) is 14.9 Å². The molecule has 1 unspecified atom stereocenters. The molecule has 0 saturated carbocycles. The third-order valence-corrected chi connectivity index (χ3v) is 6.34. The number of nitrogens with zero attached hydrogens (tertiary/aromatic N) is 3. The Bertz CT molecular complexity index is 1160. The lowest BCUT2D eigenvalue weighted by molar-refractivity contribution is -0.111. The lowest BCUT2D eigenvalue weighted by atomic mass is 9.89. The number of aromatic nitrogens is 3. The number of rotatable bonds is 7. The van der Waals surface area contributed by atoms with Crippen LogP contribution in [-0.2, 0) is 28.9 Å². The molecule has 3 aromatic rings. The highest BCUT2D eigenvalue weighted by Crippen LogP contribution is 2.41. The summed E-state index contributed by atoms with van der Waals surface area (Å²) in [6, 6.07) is 3.67. The summed E-state index contributed by atoms with van der Waals surface area (Å²) in [6.07, 6.45) is 8.34. The molecule has 2 amide bonds. The highest BCUT2D eigenvalue weighted by atomic mass is 32.1. The van der Waals surface area contributed by atoms with Crippen LogP contribution >= 0.6 is 11.3 Å². The maximum absolute atomic E-state index is 12.3. The van der Waals surface area contributed by atoms with Crippen molar-refractivity contribution in [1.29, 1.82) is 0 Å². The molecule has 3 aromatic heterocycles. The van der Waals surface area contributed by atoms with Gasteiger partial charge in [0.25, 0.3) is 0 Å². The quantitative estimate of drug-likeness (QED) is 0.449. The van der Waals surface area contributed by atoms with E-state index in [9.17, 15) is 9.59 Å². The molecule has 0 fully saturated rings. The molecule has 3 heterocycles. The topological polar surface area (TPSA) is 145 Å². The summed E-state index contributed by atoms with van der Waals surface area (Å²) < 4.78 is 10.6. The Morgan fingerprint density at radius 3 is 3.03 bits per heavy atom. The average Bonchev–Trinajstić information content (AvgIpc) is 3.38. The molecule has 33 heavy (non-hydrogen) atoms. The summed E-state index contributed by atoms with van der Waals surface area (Å²) in [5, 5.41) is 13.6. The van der Waals surface area contributed by atoms with Gasteiger partial charge in [0, 0.05) is 30.3 Å². The molecular weight excluding hydrogens is 444 g/mol. The Kier molecular flexibility index (Phi) is 6.98. The number of pyridine rings is 1. The number of nitrogens with two attached hydrogens (primary N) is 1. The molecule has 0 aromatic carbocycles. The first kappa shape index (κ1) is 22.5. The van der Waals surface area contributed by atoms with E-state index in [2.05, 4.69) is 25.8 Å². The Labute approximate surface area is 194 Å². The van der Waals surface area contributed by atoms with Crippen LogP contribution < -0.4 is 16.4 Å². The van der Waals surface area contributed by atoms with Crippen molar-refractivity contribution in [3.05, 3.63) is 58.4 Å². The number of carbonyl (C=O) groups excluding carboxylic acids is 2. The Balaban J connectivity index is 1.27. The average molecular weight is 469 g/mol. The lowest BCUT2D eigenvalue weighted by Gasteiger charge is -2.22. The van der Waals surface area contributed by atoms with Gasteiger partial charge in [0.05, 0.1) is 18.8 Å². The zero-order valence-electron chi connectivity index (χ0n) is 18.0. The van der Waals surface area contributed by atoms with Crippen molar-refractivity contribution in [2.45, 2.75) is 32.7 Å². The minimum atomic E-state index is -0.532. The smallest absolute Gasteiger partial charge is 0.407 e. The van der Waals surface area contributed by atoms with Crippen molar-refractivity contribution in [1.82, 2.24) is 20.5 Å². The van der Waals surface area contributed by atoms with Crippen LogP contribution in [0.5, 0.6) is 0 Å². The van der Waals surface area contributed by atoms with Crippen LogP contribution in [0.25, 0.3) is 6.08 Å². The van der Waals surface area contributed by atoms with E-state index in [0.717, 1.165) is 35.3 Å². The number of alkyl carbamates (subject to hydrolysis) is 1. The fraction of sp³-hybridized carbons (Fsp3) is 0.318. The Hall–Kier alpha value is -3.73. The van der Waals surface area contributed by atoms with Gasteiger partial charge in [-0.2, -0.15) is 0 Å². The molecule has 0 saturated heterocycles. The normalized spacial score (nSPS) is 15.2. The van der Waals surface area contributed by atoms with Crippen molar-refractivity contribution in [2.75, 3.05) is 17.7 Å². The fourth-order valence-electron chi connectivity index (χ4n) is 3.52. The van der Waals surface area contributed by atoms with Crippen LogP contribution in [0.3, 0.4) is 0 Å². The third-order valence-electron chi connectivity index (χ3n) is 5.16. The van der Waals surface area contributed by atoms with Gasteiger partial charge < -0.3 is 25.5 Å². The van der Waals surface area contributed by atoms with Gasteiger partial charge in [-0.15, -0.1) is 21.5 Å². The van der Waals surface area contributed by atoms with Crippen LogP contribution in [0.15, 0.2) is 35.0 Å². The van der Waals surface area contributed by atoms with Gasteiger partial charge in [0.15, 0.2) is 0 Å². The first-order chi connectivity index (χ1) is 16.0. The molecule has 10 nitrogen and oxygen atoms in total. The molecular formula is C22H24N6O4S. The van der Waals surface area contributed by atoms with E-state index >= 15 is 0 Å². The molecule has 4 rings (SSSR count). The van der Waals surface area contributed by atoms with Crippen LogP contribution in [0.4, 0.5) is 15.5 Å². The summed E-state index contributed by atoms with van der Waals surface area (Å²) >= 11 is 1.47. The van der Waals surface area contributed by atoms with E-state index in [1.165, 1.54) is 17.4 Å². The number of hydrogen-bond donors (Lipinski definition) is 3. The SMILES string of the molecule is Cc1nnc(CNC(=O)OCC2CCc3c(sc(NC(=O)/C=C/c4cccnc4)c3N)C2)o1. The number of thiophene rings is 1. The van der Waals surface area contributed by atoms with Gasteiger partial charge >= 0.3 is 6.09 Å². The van der Waals surface area contributed by atoms with Gasteiger partial charge in [-0.1, -0.05) is 6.07 Å². The molecule has 1 aliphatic rings. The molecule has 1 aliphatic carbocycles. The van der Waals surface area contributed by atoms with Crippen molar-refractivity contribution in [3.8, 4) is 0 Å². The van der Waals surface area contributed by atoms with Gasteiger partial charge in [-0.05, 0) is 48.4 Å². The van der Waals surface area contributed by atoms with Crippen LogP contribution in [0.1, 0.15) is 34.2 Å². The van der Waals surface area contributed by atoms with Crippen LogP contribution in [0.2, 0.25) is 0 Å². The van der Waals surface area contributed by atoms with E-state index in [0.29, 0.717) is 29.1 Å². The Morgan fingerprint density at radius 1 is 1.39 bits per heavy atom. The molecule has 0 aliphatic heterocycles. The van der Waals surface area contributed by atoms with E-state index in [1.54, 1.807) is 31.5 Å².